The van der Waals surface area contributed by atoms with Crippen LogP contribution in [0.15, 0.2) is 24.3 Å². The highest BCUT2D eigenvalue weighted by Crippen LogP contribution is 2.46. The summed E-state index contributed by atoms with van der Waals surface area (Å²) in [5, 5.41) is 12.4. The van der Waals surface area contributed by atoms with Crippen LogP contribution in [0.4, 0.5) is 9.18 Å². The molecule has 1 aliphatic carbocycles. The first-order valence-corrected chi connectivity index (χ1v) is 15.0. The molecule has 4 fully saturated rings. The van der Waals surface area contributed by atoms with Gasteiger partial charge in [-0.25, -0.2) is 9.18 Å². The van der Waals surface area contributed by atoms with Crippen molar-refractivity contribution in [2.45, 2.75) is 102 Å². The molecule has 9 nitrogen and oxygen atoms in total. The van der Waals surface area contributed by atoms with Crippen LogP contribution in [0, 0.1) is 29.0 Å². The lowest BCUT2D eigenvalue weighted by atomic mass is 9.89. The maximum absolute atomic E-state index is 13.9. The lowest BCUT2D eigenvalue weighted by Crippen LogP contribution is -2.59. The Labute approximate surface area is 242 Å². The SMILES string of the molecule is CC1CC(C#N)N(C(=O)C(CN2C[C@@H]3CC2C(=O)N3C(c2ccc(F)cc2)C2CCCC2)NC(=O)OC(C)(C)C)C1. The van der Waals surface area contributed by atoms with Gasteiger partial charge in [0.25, 0.3) is 0 Å². The van der Waals surface area contributed by atoms with Gasteiger partial charge in [0.2, 0.25) is 11.8 Å². The average Bonchev–Trinajstić information content (AvgIpc) is 3.69. The monoisotopic (exact) mass is 567 g/mol. The van der Waals surface area contributed by atoms with E-state index in [0.29, 0.717) is 31.8 Å². The quantitative estimate of drug-likeness (QED) is 0.534. The van der Waals surface area contributed by atoms with E-state index < -0.39 is 29.8 Å². The second-order valence-corrected chi connectivity index (χ2v) is 13.3. The van der Waals surface area contributed by atoms with Gasteiger partial charge in [-0.15, -0.1) is 0 Å². The topological polar surface area (TPSA) is 106 Å². The van der Waals surface area contributed by atoms with Crippen molar-refractivity contribution in [3.05, 3.63) is 35.6 Å². The molecule has 3 saturated heterocycles. The lowest BCUT2D eigenvalue weighted by molar-refractivity contribution is -0.142. The van der Waals surface area contributed by atoms with E-state index in [0.717, 1.165) is 31.2 Å². The van der Waals surface area contributed by atoms with E-state index >= 15 is 0 Å². The zero-order chi connectivity index (χ0) is 29.5. The van der Waals surface area contributed by atoms with Gasteiger partial charge in [0, 0.05) is 25.7 Å². The predicted molar refractivity (Wildman–Crippen MR) is 150 cm³/mol. The maximum atomic E-state index is 13.9. The summed E-state index contributed by atoms with van der Waals surface area (Å²) in [6.07, 6.45) is 4.88. The van der Waals surface area contributed by atoms with Crippen LogP contribution in [-0.2, 0) is 14.3 Å². The summed E-state index contributed by atoms with van der Waals surface area (Å²) >= 11 is 0. The Morgan fingerprint density at radius 1 is 1.15 bits per heavy atom. The van der Waals surface area contributed by atoms with Crippen molar-refractivity contribution in [1.82, 2.24) is 20.0 Å². The number of nitrogens with one attached hydrogen (secondary N) is 1. The Morgan fingerprint density at radius 2 is 1.83 bits per heavy atom. The van der Waals surface area contributed by atoms with Crippen LogP contribution in [0.1, 0.15) is 77.8 Å². The molecular weight excluding hydrogens is 525 g/mol. The van der Waals surface area contributed by atoms with Crippen LogP contribution in [-0.4, -0.2) is 82.0 Å². The second-order valence-electron chi connectivity index (χ2n) is 13.3. The van der Waals surface area contributed by atoms with Crippen molar-refractivity contribution >= 4 is 17.9 Å². The van der Waals surface area contributed by atoms with Gasteiger partial charge in [0.1, 0.15) is 23.5 Å². The molecule has 6 atom stereocenters. The molecule has 222 valence electrons. The van der Waals surface area contributed by atoms with Crippen LogP contribution in [0.5, 0.6) is 0 Å². The summed E-state index contributed by atoms with van der Waals surface area (Å²) in [6.45, 7) is 8.46. The molecule has 10 heteroatoms. The number of benzene rings is 1. The highest BCUT2D eigenvalue weighted by molar-refractivity contribution is 5.88. The third-order valence-electron chi connectivity index (χ3n) is 9.02. The fraction of sp³-hybridized carbons (Fsp3) is 0.677. The summed E-state index contributed by atoms with van der Waals surface area (Å²) < 4.78 is 19.2. The summed E-state index contributed by atoms with van der Waals surface area (Å²) in [5.41, 5.74) is 0.226. The van der Waals surface area contributed by atoms with Crippen LogP contribution in [0.25, 0.3) is 0 Å². The first-order valence-electron chi connectivity index (χ1n) is 15.0. The Bertz CT molecular complexity index is 1190. The molecule has 3 aliphatic heterocycles. The minimum Gasteiger partial charge on any atom is -0.444 e. The van der Waals surface area contributed by atoms with Gasteiger partial charge < -0.3 is 19.9 Å². The number of fused-ring (bicyclic) bond motifs is 2. The Morgan fingerprint density at radius 3 is 2.44 bits per heavy atom. The third-order valence-corrected chi connectivity index (χ3v) is 9.02. The predicted octanol–water partition coefficient (Wildman–Crippen LogP) is 4.00. The normalized spacial score (nSPS) is 28.1. The largest absolute Gasteiger partial charge is 0.444 e. The number of piperazine rings is 1. The number of nitriles is 1. The number of carbonyl (C=O) groups excluding carboxylic acids is 3. The first kappa shape index (κ1) is 29.3. The number of amides is 3. The first-order chi connectivity index (χ1) is 19.4. The number of alkyl carbamates (subject to hydrolysis) is 1. The minimum absolute atomic E-state index is 0.0237. The molecule has 1 aromatic carbocycles. The van der Waals surface area contributed by atoms with Crippen molar-refractivity contribution in [3.8, 4) is 6.07 Å². The molecule has 1 aromatic rings. The van der Waals surface area contributed by atoms with Crippen LogP contribution >= 0.6 is 0 Å². The van der Waals surface area contributed by atoms with Crippen LogP contribution in [0.2, 0.25) is 0 Å². The van der Waals surface area contributed by atoms with E-state index in [1.165, 1.54) is 12.1 Å². The van der Waals surface area contributed by atoms with Crippen LogP contribution in [0.3, 0.4) is 0 Å². The number of hydrogen-bond acceptors (Lipinski definition) is 6. The fourth-order valence-electron chi connectivity index (χ4n) is 7.33. The number of likely N-dealkylation sites (tertiary alicyclic amines) is 3. The van der Waals surface area contributed by atoms with Crippen molar-refractivity contribution < 1.29 is 23.5 Å². The number of rotatable bonds is 7. The van der Waals surface area contributed by atoms with E-state index in [2.05, 4.69) is 11.4 Å². The second kappa shape index (κ2) is 11.6. The van der Waals surface area contributed by atoms with Crippen molar-refractivity contribution in [1.29, 1.82) is 5.26 Å². The number of carbonyl (C=O) groups is 3. The van der Waals surface area contributed by atoms with Crippen molar-refractivity contribution in [2.24, 2.45) is 11.8 Å². The van der Waals surface area contributed by atoms with Gasteiger partial charge in [0.05, 0.1) is 18.2 Å². The van der Waals surface area contributed by atoms with Gasteiger partial charge >= 0.3 is 6.09 Å². The van der Waals surface area contributed by atoms with Gasteiger partial charge in [-0.3, -0.25) is 14.5 Å². The van der Waals surface area contributed by atoms with E-state index in [-0.39, 0.29) is 42.2 Å². The van der Waals surface area contributed by atoms with Gasteiger partial charge in [-0.1, -0.05) is 31.9 Å². The Balaban J connectivity index is 1.34. The summed E-state index contributed by atoms with van der Waals surface area (Å²) in [7, 11) is 0. The molecule has 41 heavy (non-hydrogen) atoms. The van der Waals surface area contributed by atoms with E-state index in [1.54, 1.807) is 37.8 Å². The number of nitrogens with zero attached hydrogens (tertiary/aromatic N) is 4. The zero-order valence-corrected chi connectivity index (χ0v) is 24.5. The van der Waals surface area contributed by atoms with Gasteiger partial charge in [-0.05, 0) is 76.0 Å². The molecule has 5 rings (SSSR count). The van der Waals surface area contributed by atoms with Crippen LogP contribution < -0.4 is 5.32 Å². The Kier molecular flexibility index (Phi) is 8.29. The van der Waals surface area contributed by atoms with Crippen molar-refractivity contribution in [2.75, 3.05) is 19.6 Å². The number of ether oxygens (including phenoxy) is 1. The number of halogens is 1. The molecule has 1 N–H and O–H groups in total. The molecule has 3 amide bonds. The lowest BCUT2D eigenvalue weighted by Gasteiger charge is -2.42. The smallest absolute Gasteiger partial charge is 0.408 e. The molecule has 5 unspecified atom stereocenters. The van der Waals surface area contributed by atoms with E-state index in [4.69, 9.17) is 4.74 Å². The summed E-state index contributed by atoms with van der Waals surface area (Å²) in [5.74, 6) is -0.0775. The summed E-state index contributed by atoms with van der Waals surface area (Å²) in [4.78, 5) is 46.0. The molecule has 4 aliphatic rings. The zero-order valence-electron chi connectivity index (χ0n) is 24.5. The fourth-order valence-corrected chi connectivity index (χ4v) is 7.33. The molecule has 1 saturated carbocycles. The van der Waals surface area contributed by atoms with Gasteiger partial charge in [0.15, 0.2) is 0 Å². The van der Waals surface area contributed by atoms with Crippen molar-refractivity contribution in [3.63, 3.8) is 0 Å². The highest BCUT2D eigenvalue weighted by atomic mass is 19.1. The van der Waals surface area contributed by atoms with E-state index in [1.807, 2.05) is 16.7 Å². The molecule has 3 heterocycles. The average molecular weight is 568 g/mol. The van der Waals surface area contributed by atoms with Gasteiger partial charge in [-0.2, -0.15) is 5.26 Å². The number of hydrogen-bond donors (Lipinski definition) is 1. The van der Waals surface area contributed by atoms with E-state index in [9.17, 15) is 24.0 Å². The standard InChI is InChI=1S/C31H42FN5O4/c1-19-13-23(15-33)36(16-19)28(38)25(34-30(40)41-31(2,3)4)18-35-17-24-14-26(35)29(39)37(24)27(20-7-5-6-8-20)21-9-11-22(32)12-10-21/h9-12,19-20,23-27H,5-8,13-14,16-18H2,1-4H3,(H,34,40)/t19?,23?,24-,25?,26?,27?/m0/s1. The maximum Gasteiger partial charge on any atom is 0.408 e. The molecule has 0 spiro atoms. The summed E-state index contributed by atoms with van der Waals surface area (Å²) in [6, 6.07) is 6.75. The third kappa shape index (κ3) is 6.20. The molecule has 0 radical (unpaired) electrons. The molecular formula is C31H42FN5O4. The minimum atomic E-state index is -0.950. The highest BCUT2D eigenvalue weighted by Gasteiger charge is 2.54. The molecule has 2 bridgehead atoms. The molecule has 0 aromatic heterocycles. The Hall–Kier alpha value is -3.19.